The third-order valence-electron chi connectivity index (χ3n) is 4.27. The number of benzene rings is 1. The predicted molar refractivity (Wildman–Crippen MR) is 99.3 cm³/mol. The molecule has 4 aromatic rings. The van der Waals surface area contributed by atoms with E-state index in [0.29, 0.717) is 0 Å². The van der Waals surface area contributed by atoms with Crippen molar-refractivity contribution in [3.63, 3.8) is 0 Å². The zero-order valence-electron chi connectivity index (χ0n) is 14.0. The Balaban J connectivity index is 1.77. The molecule has 0 aliphatic heterocycles. The second kappa shape index (κ2) is 6.73. The highest BCUT2D eigenvalue weighted by Crippen LogP contribution is 2.26. The normalized spacial score (nSPS) is 12.2. The SMILES string of the molecule is CC[C@H](Nc1cc(-c2ccccc2)nc2ccnn12)c1ccncc1. The Morgan fingerprint density at radius 2 is 1.80 bits per heavy atom. The van der Waals surface area contributed by atoms with E-state index in [0.717, 1.165) is 29.1 Å². The fraction of sp³-hybridized carbons (Fsp3) is 0.150. The molecule has 124 valence electrons. The molecule has 1 aromatic carbocycles. The second-order valence-electron chi connectivity index (χ2n) is 5.88. The first-order chi connectivity index (χ1) is 12.3. The van der Waals surface area contributed by atoms with Crippen molar-refractivity contribution in [3.8, 4) is 11.3 Å². The second-order valence-corrected chi connectivity index (χ2v) is 5.88. The van der Waals surface area contributed by atoms with Crippen LogP contribution in [0.25, 0.3) is 16.9 Å². The van der Waals surface area contributed by atoms with Crippen molar-refractivity contribution in [2.45, 2.75) is 19.4 Å². The monoisotopic (exact) mass is 329 g/mol. The van der Waals surface area contributed by atoms with Crippen LogP contribution in [0, 0.1) is 0 Å². The fourth-order valence-corrected chi connectivity index (χ4v) is 2.97. The summed E-state index contributed by atoms with van der Waals surface area (Å²) in [6.45, 7) is 2.16. The van der Waals surface area contributed by atoms with Crippen LogP contribution in [0.3, 0.4) is 0 Å². The van der Waals surface area contributed by atoms with Gasteiger partial charge in [0.05, 0.1) is 17.9 Å². The lowest BCUT2D eigenvalue weighted by molar-refractivity contribution is 0.734. The van der Waals surface area contributed by atoms with Gasteiger partial charge in [0.25, 0.3) is 0 Å². The zero-order valence-corrected chi connectivity index (χ0v) is 14.0. The molecule has 1 atom stereocenters. The standard InChI is InChI=1S/C20H19N5/c1-2-17(16-8-11-21-12-9-16)23-20-14-18(15-6-4-3-5-7-15)24-19-10-13-22-25(19)20/h3-14,17,23H,2H2,1H3/t17-/m0/s1. The maximum atomic E-state index is 4.72. The van der Waals surface area contributed by atoms with E-state index in [-0.39, 0.29) is 6.04 Å². The maximum absolute atomic E-state index is 4.72. The molecule has 0 spiro atoms. The van der Waals surface area contributed by atoms with Crippen molar-refractivity contribution in [2.24, 2.45) is 0 Å². The van der Waals surface area contributed by atoms with E-state index < -0.39 is 0 Å². The van der Waals surface area contributed by atoms with E-state index in [1.54, 1.807) is 6.20 Å². The van der Waals surface area contributed by atoms with Crippen molar-refractivity contribution in [3.05, 3.63) is 78.8 Å². The number of nitrogens with zero attached hydrogens (tertiary/aromatic N) is 4. The van der Waals surface area contributed by atoms with Crippen LogP contribution >= 0.6 is 0 Å². The van der Waals surface area contributed by atoms with Gasteiger partial charge in [-0.1, -0.05) is 37.3 Å². The van der Waals surface area contributed by atoms with Crippen LogP contribution < -0.4 is 5.32 Å². The number of fused-ring (bicyclic) bond motifs is 1. The number of nitrogens with one attached hydrogen (secondary N) is 1. The molecule has 0 aliphatic rings. The highest BCUT2D eigenvalue weighted by Gasteiger charge is 2.13. The van der Waals surface area contributed by atoms with Crippen LogP contribution in [0.2, 0.25) is 0 Å². The van der Waals surface area contributed by atoms with Gasteiger partial charge in [0.1, 0.15) is 5.82 Å². The molecule has 5 heteroatoms. The molecule has 0 aliphatic carbocycles. The molecule has 0 bridgehead atoms. The first-order valence-corrected chi connectivity index (χ1v) is 8.42. The van der Waals surface area contributed by atoms with Gasteiger partial charge in [-0.3, -0.25) is 4.98 Å². The van der Waals surface area contributed by atoms with Gasteiger partial charge in [0.15, 0.2) is 5.65 Å². The largest absolute Gasteiger partial charge is 0.363 e. The summed E-state index contributed by atoms with van der Waals surface area (Å²) >= 11 is 0. The number of pyridine rings is 1. The van der Waals surface area contributed by atoms with Crippen LogP contribution in [0.15, 0.2) is 73.2 Å². The molecular weight excluding hydrogens is 310 g/mol. The van der Waals surface area contributed by atoms with E-state index >= 15 is 0 Å². The smallest absolute Gasteiger partial charge is 0.157 e. The van der Waals surface area contributed by atoms with Crippen LogP contribution in [-0.4, -0.2) is 19.6 Å². The molecule has 1 N–H and O–H groups in total. The van der Waals surface area contributed by atoms with Gasteiger partial charge in [-0.05, 0) is 24.1 Å². The van der Waals surface area contributed by atoms with Gasteiger partial charge in [0.2, 0.25) is 0 Å². The molecule has 0 saturated heterocycles. The van der Waals surface area contributed by atoms with E-state index in [4.69, 9.17) is 4.98 Å². The summed E-state index contributed by atoms with van der Waals surface area (Å²) in [6, 6.07) is 18.4. The Bertz CT molecular complexity index is 963. The Morgan fingerprint density at radius 3 is 2.56 bits per heavy atom. The Kier molecular flexibility index (Phi) is 4.12. The Hall–Kier alpha value is -3.21. The number of hydrogen-bond acceptors (Lipinski definition) is 4. The topological polar surface area (TPSA) is 55.1 Å². The fourth-order valence-electron chi connectivity index (χ4n) is 2.97. The molecule has 0 amide bonds. The molecule has 25 heavy (non-hydrogen) atoms. The lowest BCUT2D eigenvalue weighted by Gasteiger charge is -2.19. The number of hydrogen-bond donors (Lipinski definition) is 1. The number of anilines is 1. The Morgan fingerprint density at radius 1 is 1.00 bits per heavy atom. The van der Waals surface area contributed by atoms with Gasteiger partial charge in [-0.15, -0.1) is 0 Å². The molecule has 0 fully saturated rings. The number of rotatable bonds is 5. The van der Waals surface area contributed by atoms with Crippen LogP contribution in [0.1, 0.15) is 24.9 Å². The van der Waals surface area contributed by atoms with Gasteiger partial charge in [-0.25, -0.2) is 4.98 Å². The van der Waals surface area contributed by atoms with Crippen molar-refractivity contribution in [1.82, 2.24) is 19.6 Å². The summed E-state index contributed by atoms with van der Waals surface area (Å²) < 4.78 is 1.84. The maximum Gasteiger partial charge on any atom is 0.157 e. The third kappa shape index (κ3) is 3.08. The summed E-state index contributed by atoms with van der Waals surface area (Å²) in [5.74, 6) is 0.928. The molecule has 3 aromatic heterocycles. The molecule has 0 unspecified atom stereocenters. The van der Waals surface area contributed by atoms with E-state index in [1.165, 1.54) is 5.56 Å². The third-order valence-corrected chi connectivity index (χ3v) is 4.27. The average molecular weight is 329 g/mol. The van der Waals surface area contributed by atoms with Gasteiger partial charge in [0, 0.05) is 30.1 Å². The summed E-state index contributed by atoms with van der Waals surface area (Å²) in [7, 11) is 0. The molecule has 0 saturated carbocycles. The average Bonchev–Trinajstić information content (AvgIpc) is 3.16. The van der Waals surface area contributed by atoms with Crippen LogP contribution in [0.4, 0.5) is 5.82 Å². The minimum atomic E-state index is 0.182. The minimum Gasteiger partial charge on any atom is -0.363 e. The molecule has 5 nitrogen and oxygen atoms in total. The van der Waals surface area contributed by atoms with Gasteiger partial charge < -0.3 is 5.32 Å². The molecule has 0 radical (unpaired) electrons. The molecular formula is C20H19N5. The highest BCUT2D eigenvalue weighted by molar-refractivity contribution is 5.66. The summed E-state index contributed by atoms with van der Waals surface area (Å²) in [6.07, 6.45) is 6.38. The minimum absolute atomic E-state index is 0.182. The highest BCUT2D eigenvalue weighted by atomic mass is 15.3. The molecule has 3 heterocycles. The zero-order chi connectivity index (χ0) is 17.1. The van der Waals surface area contributed by atoms with Gasteiger partial charge >= 0.3 is 0 Å². The Labute approximate surface area is 146 Å². The van der Waals surface area contributed by atoms with Crippen LogP contribution in [0.5, 0.6) is 0 Å². The summed E-state index contributed by atoms with van der Waals surface area (Å²) in [5.41, 5.74) is 4.05. The lowest BCUT2D eigenvalue weighted by Crippen LogP contribution is -2.13. The van der Waals surface area contributed by atoms with Crippen molar-refractivity contribution in [2.75, 3.05) is 5.32 Å². The van der Waals surface area contributed by atoms with E-state index in [9.17, 15) is 0 Å². The van der Waals surface area contributed by atoms with Crippen molar-refractivity contribution < 1.29 is 0 Å². The quantitative estimate of drug-likeness (QED) is 0.591. The van der Waals surface area contributed by atoms with Crippen LogP contribution in [-0.2, 0) is 0 Å². The van der Waals surface area contributed by atoms with Gasteiger partial charge in [-0.2, -0.15) is 9.61 Å². The molecule has 4 rings (SSSR count). The predicted octanol–water partition coefficient (Wildman–Crippen LogP) is 4.35. The first-order valence-electron chi connectivity index (χ1n) is 8.42. The van der Waals surface area contributed by atoms with E-state index in [2.05, 4.69) is 40.5 Å². The number of aromatic nitrogens is 4. The summed E-state index contributed by atoms with van der Waals surface area (Å²) in [5, 5.41) is 8.03. The van der Waals surface area contributed by atoms with E-state index in [1.807, 2.05) is 53.3 Å². The van der Waals surface area contributed by atoms with Crippen molar-refractivity contribution in [1.29, 1.82) is 0 Å². The summed E-state index contributed by atoms with van der Waals surface area (Å²) in [4.78, 5) is 8.83. The van der Waals surface area contributed by atoms with Crippen molar-refractivity contribution >= 4 is 11.5 Å². The first kappa shape index (κ1) is 15.3. The lowest BCUT2D eigenvalue weighted by atomic mass is 10.1.